The van der Waals surface area contributed by atoms with Crippen LogP contribution in [0.1, 0.15) is 44.7 Å². The first-order chi connectivity index (χ1) is 7.03. The van der Waals surface area contributed by atoms with Crippen LogP contribution in [0.25, 0.3) is 0 Å². The normalized spacial score (nSPS) is 21.3. The van der Waals surface area contributed by atoms with Gasteiger partial charge in [0.15, 0.2) is 0 Å². The van der Waals surface area contributed by atoms with E-state index in [1.54, 1.807) is 5.56 Å². The largest absolute Gasteiger partial charge is 0.384 e. The molecule has 1 nitrogen and oxygen atoms in total. The monoisotopic (exact) mass is 201 g/mol. The van der Waals surface area contributed by atoms with Gasteiger partial charge in [-0.1, -0.05) is 39.0 Å². The van der Waals surface area contributed by atoms with Crippen LogP contribution in [-0.4, -0.2) is 6.54 Å². The molecule has 1 heterocycles. The summed E-state index contributed by atoms with van der Waals surface area (Å²) in [5.41, 5.74) is 5.26. The number of fused-ring (bicyclic) bond motifs is 2. The average molecular weight is 201 g/mol. The van der Waals surface area contributed by atoms with Crippen molar-refractivity contribution >= 4 is 5.69 Å². The van der Waals surface area contributed by atoms with Gasteiger partial charge in [0.1, 0.15) is 0 Å². The zero-order valence-electron chi connectivity index (χ0n) is 9.85. The highest BCUT2D eigenvalue weighted by atomic mass is 15.0. The van der Waals surface area contributed by atoms with Crippen LogP contribution in [0.5, 0.6) is 0 Å². The van der Waals surface area contributed by atoms with Crippen molar-refractivity contribution in [2.45, 2.75) is 44.4 Å². The van der Waals surface area contributed by atoms with Gasteiger partial charge in [-0.3, -0.25) is 0 Å². The lowest BCUT2D eigenvalue weighted by Crippen LogP contribution is -2.13. The Kier molecular flexibility index (Phi) is 1.59. The minimum absolute atomic E-state index is 0.249. The first-order valence-electron chi connectivity index (χ1n) is 5.91. The third kappa shape index (κ3) is 1.22. The standard InChI is InChI=1S/C14H19N/c1-13(2,3)10-5-4-6-11-12(10)15-9-14(11)7-8-14/h4-6,15H,7-9H2,1-3H3. The highest BCUT2D eigenvalue weighted by molar-refractivity contribution is 5.68. The molecule has 0 amide bonds. The molecule has 1 aromatic carbocycles. The molecule has 0 radical (unpaired) electrons. The van der Waals surface area contributed by atoms with Crippen molar-refractivity contribution < 1.29 is 0 Å². The van der Waals surface area contributed by atoms with Crippen LogP contribution in [0.2, 0.25) is 0 Å². The molecule has 80 valence electrons. The third-order valence-corrected chi connectivity index (χ3v) is 3.90. The fourth-order valence-electron chi connectivity index (χ4n) is 2.76. The number of rotatable bonds is 0. The summed E-state index contributed by atoms with van der Waals surface area (Å²) in [4.78, 5) is 0. The second-order valence-electron chi connectivity index (χ2n) is 6.11. The summed E-state index contributed by atoms with van der Waals surface area (Å²) in [6.45, 7) is 8.04. The number of para-hydroxylation sites is 1. The highest BCUT2D eigenvalue weighted by Gasteiger charge is 2.49. The number of hydrogen-bond donors (Lipinski definition) is 1. The lowest BCUT2D eigenvalue weighted by Gasteiger charge is -2.22. The Morgan fingerprint density at radius 3 is 2.53 bits per heavy atom. The second-order valence-corrected chi connectivity index (χ2v) is 6.11. The average Bonchev–Trinajstić information content (AvgIpc) is 2.83. The molecule has 0 unspecified atom stereocenters. The van der Waals surface area contributed by atoms with Crippen LogP contribution < -0.4 is 5.32 Å². The van der Waals surface area contributed by atoms with Crippen LogP contribution in [0.4, 0.5) is 5.69 Å². The van der Waals surface area contributed by atoms with E-state index in [0.29, 0.717) is 5.41 Å². The molecule has 0 saturated heterocycles. The van der Waals surface area contributed by atoms with E-state index in [9.17, 15) is 0 Å². The summed E-state index contributed by atoms with van der Waals surface area (Å²) in [6.07, 6.45) is 2.75. The van der Waals surface area contributed by atoms with Crippen molar-refractivity contribution in [2.24, 2.45) is 0 Å². The van der Waals surface area contributed by atoms with Crippen LogP contribution in [0.3, 0.4) is 0 Å². The van der Waals surface area contributed by atoms with E-state index in [1.807, 2.05) is 0 Å². The zero-order chi connectivity index (χ0) is 10.7. The molecule has 1 N–H and O–H groups in total. The quantitative estimate of drug-likeness (QED) is 0.678. The minimum atomic E-state index is 0.249. The lowest BCUT2D eigenvalue weighted by atomic mass is 9.83. The van der Waals surface area contributed by atoms with E-state index in [0.717, 1.165) is 6.54 Å². The fraction of sp³-hybridized carbons (Fsp3) is 0.571. The Bertz CT molecular complexity index is 408. The van der Waals surface area contributed by atoms with Gasteiger partial charge in [0, 0.05) is 17.6 Å². The van der Waals surface area contributed by atoms with Gasteiger partial charge < -0.3 is 5.32 Å². The molecule has 0 atom stereocenters. The maximum absolute atomic E-state index is 3.63. The number of hydrogen-bond acceptors (Lipinski definition) is 1. The van der Waals surface area contributed by atoms with Gasteiger partial charge in [-0.05, 0) is 29.4 Å². The Hall–Kier alpha value is -0.980. The molecule has 1 saturated carbocycles. The molecule has 2 aliphatic rings. The number of anilines is 1. The van der Waals surface area contributed by atoms with Gasteiger partial charge in [0.25, 0.3) is 0 Å². The smallest absolute Gasteiger partial charge is 0.0417 e. The van der Waals surface area contributed by atoms with Gasteiger partial charge in [0.05, 0.1) is 0 Å². The van der Waals surface area contributed by atoms with Crippen LogP contribution in [0, 0.1) is 0 Å². The van der Waals surface area contributed by atoms with Gasteiger partial charge in [0.2, 0.25) is 0 Å². The predicted octanol–water partition coefficient (Wildman–Crippen LogP) is 3.44. The number of nitrogens with one attached hydrogen (secondary N) is 1. The molecule has 3 rings (SSSR count). The summed E-state index contributed by atoms with van der Waals surface area (Å²) in [5, 5.41) is 3.63. The molecule has 0 aromatic heterocycles. The van der Waals surface area contributed by atoms with E-state index >= 15 is 0 Å². The Morgan fingerprint density at radius 1 is 1.20 bits per heavy atom. The van der Waals surface area contributed by atoms with E-state index in [-0.39, 0.29) is 5.41 Å². The Labute approximate surface area is 91.9 Å². The topological polar surface area (TPSA) is 12.0 Å². The predicted molar refractivity (Wildman–Crippen MR) is 64.5 cm³/mol. The van der Waals surface area contributed by atoms with E-state index in [1.165, 1.54) is 24.1 Å². The number of benzene rings is 1. The van der Waals surface area contributed by atoms with Gasteiger partial charge in [-0.2, -0.15) is 0 Å². The fourth-order valence-corrected chi connectivity index (χ4v) is 2.76. The molecule has 1 aromatic rings. The molecule has 1 spiro atoms. The van der Waals surface area contributed by atoms with Crippen molar-refractivity contribution in [2.75, 3.05) is 11.9 Å². The SMILES string of the molecule is CC(C)(C)c1cccc2c1NCC21CC1. The highest BCUT2D eigenvalue weighted by Crippen LogP contribution is 2.55. The first kappa shape index (κ1) is 9.26. The van der Waals surface area contributed by atoms with E-state index in [2.05, 4.69) is 44.3 Å². The minimum Gasteiger partial charge on any atom is -0.384 e. The molecule has 0 bridgehead atoms. The van der Waals surface area contributed by atoms with Gasteiger partial charge in [-0.15, -0.1) is 0 Å². The van der Waals surface area contributed by atoms with Gasteiger partial charge >= 0.3 is 0 Å². The lowest BCUT2D eigenvalue weighted by molar-refractivity contribution is 0.592. The maximum Gasteiger partial charge on any atom is 0.0417 e. The summed E-state index contributed by atoms with van der Waals surface area (Å²) >= 11 is 0. The first-order valence-corrected chi connectivity index (χ1v) is 5.91. The molecule has 1 heteroatoms. The van der Waals surface area contributed by atoms with E-state index in [4.69, 9.17) is 0 Å². The van der Waals surface area contributed by atoms with Crippen molar-refractivity contribution in [1.82, 2.24) is 0 Å². The van der Waals surface area contributed by atoms with Crippen molar-refractivity contribution in [3.63, 3.8) is 0 Å². The van der Waals surface area contributed by atoms with Crippen LogP contribution >= 0.6 is 0 Å². The molecule has 1 fully saturated rings. The summed E-state index contributed by atoms with van der Waals surface area (Å²) in [6, 6.07) is 6.82. The Balaban J connectivity index is 2.17. The Morgan fingerprint density at radius 2 is 1.93 bits per heavy atom. The van der Waals surface area contributed by atoms with Crippen LogP contribution in [0.15, 0.2) is 18.2 Å². The maximum atomic E-state index is 3.63. The molecular weight excluding hydrogens is 182 g/mol. The van der Waals surface area contributed by atoms with Crippen molar-refractivity contribution in [3.8, 4) is 0 Å². The molecule has 1 aliphatic carbocycles. The second kappa shape index (κ2) is 2.58. The molecule has 1 aliphatic heterocycles. The van der Waals surface area contributed by atoms with E-state index < -0.39 is 0 Å². The molecule has 15 heavy (non-hydrogen) atoms. The van der Waals surface area contributed by atoms with Crippen molar-refractivity contribution in [1.29, 1.82) is 0 Å². The summed E-state index contributed by atoms with van der Waals surface area (Å²) in [7, 11) is 0. The third-order valence-electron chi connectivity index (χ3n) is 3.90. The van der Waals surface area contributed by atoms with Crippen LogP contribution in [-0.2, 0) is 10.8 Å². The summed E-state index contributed by atoms with van der Waals surface area (Å²) < 4.78 is 0. The van der Waals surface area contributed by atoms with Crippen molar-refractivity contribution in [3.05, 3.63) is 29.3 Å². The summed E-state index contributed by atoms with van der Waals surface area (Å²) in [5.74, 6) is 0. The zero-order valence-corrected chi connectivity index (χ0v) is 9.85. The van der Waals surface area contributed by atoms with Gasteiger partial charge in [-0.25, -0.2) is 0 Å². The molecular formula is C14H19N.